The molecule has 0 saturated heterocycles. The third-order valence-corrected chi connectivity index (χ3v) is 1.55. The van der Waals surface area contributed by atoms with Gasteiger partial charge in [0.2, 0.25) is 0 Å². The highest BCUT2D eigenvalue weighted by Gasteiger charge is 2.10. The van der Waals surface area contributed by atoms with Crippen molar-refractivity contribution in [1.29, 1.82) is 0 Å². The molecule has 0 aliphatic rings. The van der Waals surface area contributed by atoms with Crippen LogP contribution in [0.4, 0.5) is 0 Å². The molecule has 0 heterocycles. The molecule has 0 unspecified atom stereocenters. The summed E-state index contributed by atoms with van der Waals surface area (Å²) < 4.78 is 5.34. The number of nitrogens with zero attached hydrogens (tertiary/aromatic N) is 2. The molecule has 0 amide bonds. The number of hydrogen-bond acceptors (Lipinski definition) is 2. The fourth-order valence-corrected chi connectivity index (χ4v) is 0.711. The van der Waals surface area contributed by atoms with Crippen LogP contribution in [0.2, 0.25) is 0 Å². The van der Waals surface area contributed by atoms with E-state index in [0.29, 0.717) is 12.6 Å². The second-order valence-corrected chi connectivity index (χ2v) is 4.21. The molecule has 0 saturated carbocycles. The van der Waals surface area contributed by atoms with Crippen LogP contribution in [-0.2, 0) is 4.74 Å². The van der Waals surface area contributed by atoms with Crippen molar-refractivity contribution < 1.29 is 4.74 Å². The van der Waals surface area contributed by atoms with Gasteiger partial charge in [-0.25, -0.2) is 9.98 Å². The quantitative estimate of drug-likeness (QED) is 0.504. The van der Waals surface area contributed by atoms with Gasteiger partial charge in [0.05, 0.1) is 6.61 Å². The van der Waals surface area contributed by atoms with Gasteiger partial charge in [0, 0.05) is 6.20 Å². The Morgan fingerprint density at radius 2 is 2.07 bits per heavy atom. The Balaban J connectivity index is 3.91. The maximum Gasteiger partial charge on any atom is 0.315 e. The molecule has 3 nitrogen and oxygen atoms in total. The molecule has 0 spiro atoms. The van der Waals surface area contributed by atoms with Crippen LogP contribution in [0.1, 0.15) is 34.1 Å². The lowest BCUT2D eigenvalue weighted by Crippen LogP contribution is -2.11. The fraction of sp³-hybridized carbons (Fsp3) is 0.636. The minimum absolute atomic E-state index is 0.271. The second-order valence-electron chi connectivity index (χ2n) is 4.21. The van der Waals surface area contributed by atoms with Gasteiger partial charge in [-0.15, -0.1) is 0 Å². The van der Waals surface area contributed by atoms with Gasteiger partial charge in [0.1, 0.15) is 0 Å². The molecule has 0 atom stereocenters. The van der Waals surface area contributed by atoms with Crippen molar-refractivity contribution in [3.63, 3.8) is 0 Å². The van der Waals surface area contributed by atoms with E-state index in [9.17, 15) is 0 Å². The van der Waals surface area contributed by atoms with Crippen molar-refractivity contribution in [2.45, 2.75) is 34.1 Å². The van der Waals surface area contributed by atoms with E-state index in [1.54, 1.807) is 6.20 Å². The van der Waals surface area contributed by atoms with Gasteiger partial charge in [-0.05, 0) is 25.5 Å². The molecule has 0 fully saturated rings. The molecule has 80 valence electrons. The van der Waals surface area contributed by atoms with Crippen molar-refractivity contribution in [3.8, 4) is 0 Å². The summed E-state index contributed by atoms with van der Waals surface area (Å²) in [4.78, 5) is 7.64. The van der Waals surface area contributed by atoms with Crippen molar-refractivity contribution in [2.75, 3.05) is 6.61 Å². The first-order valence-corrected chi connectivity index (χ1v) is 4.78. The summed E-state index contributed by atoms with van der Waals surface area (Å²) in [6, 6.07) is 0.340. The third kappa shape index (κ3) is 7.53. The first kappa shape index (κ1) is 12.9. The Labute approximate surface area is 86.6 Å². The predicted octanol–water partition coefficient (Wildman–Crippen LogP) is 3.03. The van der Waals surface area contributed by atoms with Crippen LogP contribution in [0.3, 0.4) is 0 Å². The van der Waals surface area contributed by atoms with Gasteiger partial charge >= 0.3 is 6.02 Å². The number of allylic oxidation sites excluding steroid dienone is 1. The lowest BCUT2D eigenvalue weighted by atomic mass is 9.93. The summed E-state index contributed by atoms with van der Waals surface area (Å²) >= 11 is 0. The maximum absolute atomic E-state index is 5.34. The van der Waals surface area contributed by atoms with Crippen LogP contribution in [0.25, 0.3) is 0 Å². The van der Waals surface area contributed by atoms with Crippen molar-refractivity contribution in [1.82, 2.24) is 0 Å². The van der Waals surface area contributed by atoms with Gasteiger partial charge in [0.15, 0.2) is 0 Å². The Hall–Kier alpha value is -1.12. The SMILES string of the molecule is C=N/C(=N\C=C/C)OCCC(C)(C)C. The monoisotopic (exact) mass is 196 g/mol. The van der Waals surface area contributed by atoms with Crippen LogP contribution >= 0.6 is 0 Å². The minimum Gasteiger partial charge on any atom is -0.463 e. The van der Waals surface area contributed by atoms with Gasteiger partial charge in [-0.3, -0.25) is 0 Å². The number of hydrogen-bond donors (Lipinski definition) is 0. The molecule has 0 aliphatic carbocycles. The molecule has 0 aliphatic heterocycles. The molecular weight excluding hydrogens is 176 g/mol. The lowest BCUT2D eigenvalue weighted by Gasteiger charge is -2.17. The van der Waals surface area contributed by atoms with E-state index in [1.165, 1.54) is 0 Å². The van der Waals surface area contributed by atoms with Crippen molar-refractivity contribution in [2.24, 2.45) is 15.4 Å². The van der Waals surface area contributed by atoms with Crippen molar-refractivity contribution >= 4 is 12.7 Å². The van der Waals surface area contributed by atoms with Gasteiger partial charge in [-0.2, -0.15) is 0 Å². The second kappa shape index (κ2) is 6.35. The Morgan fingerprint density at radius 1 is 1.43 bits per heavy atom. The van der Waals surface area contributed by atoms with Crippen LogP contribution in [0.5, 0.6) is 0 Å². The largest absolute Gasteiger partial charge is 0.463 e. The number of ether oxygens (including phenoxy) is 1. The lowest BCUT2D eigenvalue weighted by molar-refractivity contribution is 0.231. The van der Waals surface area contributed by atoms with E-state index in [-0.39, 0.29) is 5.41 Å². The molecule has 3 heteroatoms. The van der Waals surface area contributed by atoms with Crippen LogP contribution in [0, 0.1) is 5.41 Å². The molecule has 0 aromatic carbocycles. The number of amidine groups is 1. The first-order chi connectivity index (χ1) is 6.49. The molecule has 0 rings (SSSR count). The number of rotatable bonds is 3. The molecule has 0 bridgehead atoms. The van der Waals surface area contributed by atoms with E-state index in [4.69, 9.17) is 4.74 Å². The highest BCUT2D eigenvalue weighted by Crippen LogP contribution is 2.17. The summed E-state index contributed by atoms with van der Waals surface area (Å²) in [7, 11) is 0. The maximum atomic E-state index is 5.34. The Kier molecular flexibility index (Phi) is 5.84. The molecule has 0 N–H and O–H groups in total. The molecule has 14 heavy (non-hydrogen) atoms. The average Bonchev–Trinajstić information content (AvgIpc) is 2.09. The topological polar surface area (TPSA) is 34.0 Å². The molecule has 0 radical (unpaired) electrons. The summed E-state index contributed by atoms with van der Waals surface area (Å²) in [6.07, 6.45) is 4.43. The average molecular weight is 196 g/mol. The van der Waals surface area contributed by atoms with Gasteiger partial charge in [-0.1, -0.05) is 26.8 Å². The fourth-order valence-electron chi connectivity index (χ4n) is 0.711. The smallest absolute Gasteiger partial charge is 0.315 e. The molecule has 0 aromatic rings. The summed E-state index contributed by atoms with van der Waals surface area (Å²) in [6.45, 7) is 12.4. The predicted molar refractivity (Wildman–Crippen MR) is 61.8 cm³/mol. The molecular formula is C11H20N2O. The zero-order valence-corrected chi connectivity index (χ0v) is 9.58. The van der Waals surface area contributed by atoms with Gasteiger partial charge < -0.3 is 4.74 Å². The van der Waals surface area contributed by atoms with Crippen LogP contribution in [-0.4, -0.2) is 19.3 Å². The summed E-state index contributed by atoms with van der Waals surface area (Å²) in [5, 5.41) is 0. The highest BCUT2D eigenvalue weighted by atomic mass is 16.5. The van der Waals surface area contributed by atoms with E-state index in [0.717, 1.165) is 6.42 Å². The number of aliphatic imine (C=N–C) groups is 2. The van der Waals surface area contributed by atoms with Crippen LogP contribution < -0.4 is 0 Å². The van der Waals surface area contributed by atoms with E-state index >= 15 is 0 Å². The van der Waals surface area contributed by atoms with E-state index in [1.807, 2.05) is 13.0 Å². The Morgan fingerprint density at radius 3 is 2.50 bits per heavy atom. The van der Waals surface area contributed by atoms with Gasteiger partial charge in [0.25, 0.3) is 0 Å². The van der Waals surface area contributed by atoms with Crippen LogP contribution in [0.15, 0.2) is 22.3 Å². The first-order valence-electron chi connectivity index (χ1n) is 4.78. The minimum atomic E-state index is 0.271. The highest BCUT2D eigenvalue weighted by molar-refractivity contribution is 5.78. The zero-order valence-electron chi connectivity index (χ0n) is 9.58. The standard InChI is InChI=1S/C11H20N2O/c1-6-8-13-10(12-5)14-9-7-11(2,3)4/h6,8H,5,7,9H2,1-4H3/b8-6-,13-10+. The van der Waals surface area contributed by atoms with Crippen molar-refractivity contribution in [3.05, 3.63) is 12.3 Å². The Bertz CT molecular complexity index is 224. The normalized spacial score (nSPS) is 13.3. The van der Waals surface area contributed by atoms with E-state index in [2.05, 4.69) is 37.5 Å². The zero-order chi connectivity index (χ0) is 11.0. The summed E-state index contributed by atoms with van der Waals surface area (Å²) in [5.41, 5.74) is 0.271. The summed E-state index contributed by atoms with van der Waals surface area (Å²) in [5.74, 6) is 0. The van der Waals surface area contributed by atoms with E-state index < -0.39 is 0 Å². The third-order valence-electron chi connectivity index (χ3n) is 1.55. The molecule has 0 aromatic heterocycles.